The second-order valence-corrected chi connectivity index (χ2v) is 10.9. The molecule has 0 saturated carbocycles. The number of rotatable bonds is 8. The Bertz CT molecular complexity index is 1570. The maximum Gasteiger partial charge on any atom is 0.277 e. The van der Waals surface area contributed by atoms with E-state index in [1.165, 1.54) is 19.3 Å². The highest BCUT2D eigenvalue weighted by molar-refractivity contribution is 6.08. The van der Waals surface area contributed by atoms with Crippen LogP contribution in [0.15, 0.2) is 59.2 Å². The van der Waals surface area contributed by atoms with Gasteiger partial charge in [-0.3, -0.25) is 9.59 Å². The van der Waals surface area contributed by atoms with Crippen molar-refractivity contribution in [1.29, 1.82) is 0 Å². The average molecular weight is 569 g/mol. The van der Waals surface area contributed by atoms with E-state index >= 15 is 0 Å². The fourth-order valence-corrected chi connectivity index (χ4v) is 5.76. The number of methoxy groups -OCH3 is 1. The zero-order valence-electron chi connectivity index (χ0n) is 24.4. The lowest BCUT2D eigenvalue weighted by Gasteiger charge is -2.28. The summed E-state index contributed by atoms with van der Waals surface area (Å²) in [6.45, 7) is 5.29. The zero-order valence-corrected chi connectivity index (χ0v) is 24.4. The lowest BCUT2D eigenvalue weighted by molar-refractivity contribution is -0.118. The maximum absolute atomic E-state index is 14.1. The molecular weight excluding hydrogens is 532 g/mol. The number of piperidine rings is 1. The van der Waals surface area contributed by atoms with Crippen molar-refractivity contribution in [1.82, 2.24) is 19.7 Å². The topological polar surface area (TPSA) is 96.9 Å². The van der Waals surface area contributed by atoms with Crippen molar-refractivity contribution in [2.75, 3.05) is 50.1 Å². The van der Waals surface area contributed by atoms with E-state index in [9.17, 15) is 9.59 Å². The number of oxazole rings is 1. The van der Waals surface area contributed by atoms with Crippen molar-refractivity contribution < 1.29 is 18.7 Å². The van der Waals surface area contributed by atoms with Gasteiger partial charge in [-0.25, -0.2) is 9.67 Å². The molecule has 0 atom stereocenters. The number of carbonyl (C=O) groups is 2. The lowest BCUT2D eigenvalue weighted by Crippen LogP contribution is -2.38. The van der Waals surface area contributed by atoms with Crippen LogP contribution in [0, 0.1) is 6.92 Å². The van der Waals surface area contributed by atoms with Gasteiger partial charge in [-0.2, -0.15) is 5.10 Å². The molecule has 0 N–H and O–H groups in total. The van der Waals surface area contributed by atoms with E-state index in [1.807, 2.05) is 62.5 Å². The first-order valence-electron chi connectivity index (χ1n) is 14.5. The summed E-state index contributed by atoms with van der Waals surface area (Å²) in [5, 5.41) is 4.81. The van der Waals surface area contributed by atoms with Gasteiger partial charge in [-0.1, -0.05) is 6.42 Å². The second-order valence-electron chi connectivity index (χ2n) is 10.9. The van der Waals surface area contributed by atoms with E-state index in [0.717, 1.165) is 48.0 Å². The molecule has 42 heavy (non-hydrogen) atoms. The smallest absolute Gasteiger partial charge is 0.277 e. The van der Waals surface area contributed by atoms with Gasteiger partial charge in [0.15, 0.2) is 5.69 Å². The molecule has 0 aliphatic carbocycles. The molecule has 2 aromatic carbocycles. The SMILES string of the molecule is COc1ccc(-n2nc(-c3nc(C)co3)c3c2C(=O)N(c2ccc(N(C)C(=O)CCN4CCCCC4)cc2)CC3)cc1. The first-order valence-corrected chi connectivity index (χ1v) is 14.5. The first kappa shape index (κ1) is 27.7. The first-order chi connectivity index (χ1) is 20.4. The van der Waals surface area contributed by atoms with Crippen LogP contribution in [0.4, 0.5) is 11.4 Å². The van der Waals surface area contributed by atoms with E-state index in [-0.39, 0.29) is 11.8 Å². The van der Waals surface area contributed by atoms with Gasteiger partial charge in [0.1, 0.15) is 17.7 Å². The van der Waals surface area contributed by atoms with Gasteiger partial charge in [0.2, 0.25) is 11.8 Å². The number of anilines is 2. The molecule has 6 rings (SSSR count). The number of nitrogens with zero attached hydrogens (tertiary/aromatic N) is 6. The molecule has 0 spiro atoms. The summed E-state index contributed by atoms with van der Waals surface area (Å²) in [4.78, 5) is 37.3. The summed E-state index contributed by atoms with van der Waals surface area (Å²) in [5.74, 6) is 1.04. The highest BCUT2D eigenvalue weighted by Gasteiger charge is 2.35. The van der Waals surface area contributed by atoms with Gasteiger partial charge in [-0.15, -0.1) is 0 Å². The fraction of sp³-hybridized carbons (Fsp3) is 0.375. The molecule has 10 heteroatoms. The highest BCUT2D eigenvalue weighted by Crippen LogP contribution is 2.34. The number of aromatic nitrogens is 3. The molecular formula is C32H36N6O4. The summed E-state index contributed by atoms with van der Waals surface area (Å²) in [6, 6.07) is 15.0. The number of fused-ring (bicyclic) bond motifs is 1. The van der Waals surface area contributed by atoms with Crippen LogP contribution < -0.4 is 14.5 Å². The number of likely N-dealkylation sites (tertiary alicyclic amines) is 1. The predicted molar refractivity (Wildman–Crippen MR) is 160 cm³/mol. The van der Waals surface area contributed by atoms with Crippen LogP contribution in [0.25, 0.3) is 17.3 Å². The van der Waals surface area contributed by atoms with Crippen LogP contribution >= 0.6 is 0 Å². The molecule has 2 amide bonds. The molecule has 2 aromatic heterocycles. The van der Waals surface area contributed by atoms with Gasteiger partial charge in [0, 0.05) is 43.5 Å². The van der Waals surface area contributed by atoms with E-state index in [2.05, 4.69) is 9.88 Å². The average Bonchev–Trinajstić information content (AvgIpc) is 3.64. The number of hydrogen-bond donors (Lipinski definition) is 0. The van der Waals surface area contributed by atoms with Crippen molar-refractivity contribution in [2.45, 2.75) is 39.0 Å². The number of amides is 2. The molecule has 0 unspecified atom stereocenters. The second kappa shape index (κ2) is 11.8. The van der Waals surface area contributed by atoms with E-state index in [0.29, 0.717) is 42.4 Å². The molecule has 0 bridgehead atoms. The molecule has 2 aliphatic heterocycles. The van der Waals surface area contributed by atoms with E-state index in [4.69, 9.17) is 14.3 Å². The summed E-state index contributed by atoms with van der Waals surface area (Å²) in [7, 11) is 3.43. The minimum atomic E-state index is -0.159. The summed E-state index contributed by atoms with van der Waals surface area (Å²) in [6.07, 6.45) is 6.37. The third kappa shape index (κ3) is 5.42. The van der Waals surface area contributed by atoms with Crippen LogP contribution in [0.5, 0.6) is 5.75 Å². The number of hydrogen-bond acceptors (Lipinski definition) is 7. The third-order valence-corrected chi connectivity index (χ3v) is 8.17. The normalized spacial score (nSPS) is 15.5. The Kier molecular flexibility index (Phi) is 7.80. The van der Waals surface area contributed by atoms with Crippen LogP contribution in [-0.4, -0.2) is 71.8 Å². The monoisotopic (exact) mass is 568 g/mol. The largest absolute Gasteiger partial charge is 0.497 e. The molecule has 4 heterocycles. The van der Waals surface area contributed by atoms with Crippen LogP contribution in [0.3, 0.4) is 0 Å². The van der Waals surface area contributed by atoms with Crippen molar-refractivity contribution in [2.24, 2.45) is 0 Å². The number of aryl methyl sites for hydroxylation is 1. The minimum Gasteiger partial charge on any atom is -0.497 e. The van der Waals surface area contributed by atoms with Gasteiger partial charge in [0.25, 0.3) is 5.91 Å². The molecule has 10 nitrogen and oxygen atoms in total. The third-order valence-electron chi connectivity index (χ3n) is 8.17. The molecule has 218 valence electrons. The van der Waals surface area contributed by atoms with E-state index in [1.54, 1.807) is 27.9 Å². The van der Waals surface area contributed by atoms with Gasteiger partial charge >= 0.3 is 0 Å². The summed E-state index contributed by atoms with van der Waals surface area (Å²) in [5.41, 5.74) is 4.91. The molecule has 0 radical (unpaired) electrons. The standard InChI is InChI=1S/C32H36N6O4/c1-22-21-42-31(33-22)29-27-15-20-37(32(40)30(27)38(34-29)25-11-13-26(41-3)14-12-25)24-9-7-23(8-10-24)35(2)28(39)16-19-36-17-5-4-6-18-36/h7-14,21H,4-6,15-20H2,1-3H3. The van der Waals surface area contributed by atoms with Gasteiger partial charge in [0.05, 0.1) is 18.5 Å². The van der Waals surface area contributed by atoms with E-state index < -0.39 is 0 Å². The Hall–Kier alpha value is -4.44. The van der Waals surface area contributed by atoms with Crippen LogP contribution in [0.1, 0.15) is 47.4 Å². The highest BCUT2D eigenvalue weighted by atomic mass is 16.5. The molecule has 2 aliphatic rings. The summed E-state index contributed by atoms with van der Waals surface area (Å²) >= 11 is 0. The number of benzene rings is 2. The predicted octanol–water partition coefficient (Wildman–Crippen LogP) is 4.89. The molecule has 4 aromatic rings. The van der Waals surface area contributed by atoms with Crippen molar-refractivity contribution in [3.63, 3.8) is 0 Å². The van der Waals surface area contributed by atoms with Crippen LogP contribution in [-0.2, 0) is 11.2 Å². The Morgan fingerprint density at radius 2 is 1.71 bits per heavy atom. The molecule has 1 fully saturated rings. The van der Waals surface area contributed by atoms with Crippen molar-refractivity contribution >= 4 is 23.2 Å². The quantitative estimate of drug-likeness (QED) is 0.299. The maximum atomic E-state index is 14.1. The Morgan fingerprint density at radius 1 is 1.00 bits per heavy atom. The Labute approximate surface area is 245 Å². The van der Waals surface area contributed by atoms with Crippen molar-refractivity contribution in [3.8, 4) is 23.0 Å². The van der Waals surface area contributed by atoms with Crippen LogP contribution in [0.2, 0.25) is 0 Å². The number of carbonyl (C=O) groups excluding carboxylic acids is 2. The fourth-order valence-electron chi connectivity index (χ4n) is 5.76. The zero-order chi connectivity index (χ0) is 29.2. The minimum absolute atomic E-state index is 0.0877. The van der Waals surface area contributed by atoms with Crippen molar-refractivity contribution in [3.05, 3.63) is 71.7 Å². The van der Waals surface area contributed by atoms with Gasteiger partial charge < -0.3 is 23.9 Å². The summed E-state index contributed by atoms with van der Waals surface area (Å²) < 4.78 is 12.7. The number of ether oxygens (including phenoxy) is 1. The molecule has 1 saturated heterocycles. The van der Waals surface area contributed by atoms with Gasteiger partial charge in [-0.05, 0) is 87.8 Å². The lowest BCUT2D eigenvalue weighted by atomic mass is 10.0. The Morgan fingerprint density at radius 3 is 2.38 bits per heavy atom. The Balaban J connectivity index is 1.24.